The van der Waals surface area contributed by atoms with Crippen molar-refractivity contribution in [2.45, 2.75) is 32.9 Å². The van der Waals surface area contributed by atoms with Gasteiger partial charge in [0, 0.05) is 23.1 Å². The van der Waals surface area contributed by atoms with Gasteiger partial charge in [0.2, 0.25) is 11.8 Å². The van der Waals surface area contributed by atoms with Crippen LogP contribution in [-0.2, 0) is 22.6 Å². The Bertz CT molecular complexity index is 766. The van der Waals surface area contributed by atoms with Crippen molar-refractivity contribution in [3.05, 3.63) is 69.7 Å². The van der Waals surface area contributed by atoms with Crippen molar-refractivity contribution in [2.24, 2.45) is 0 Å². The quantitative estimate of drug-likeness (QED) is 0.771. The number of nitrogens with zero attached hydrogens (tertiary/aromatic N) is 1. The van der Waals surface area contributed by atoms with Crippen LogP contribution in [0, 0.1) is 0 Å². The molecule has 0 aliphatic heterocycles. The van der Waals surface area contributed by atoms with Crippen LogP contribution < -0.4 is 5.32 Å². The lowest BCUT2D eigenvalue weighted by molar-refractivity contribution is -0.140. The topological polar surface area (TPSA) is 49.4 Å². The van der Waals surface area contributed by atoms with Crippen LogP contribution in [0.5, 0.6) is 0 Å². The predicted octanol–water partition coefficient (Wildman–Crippen LogP) is 4.09. The third-order valence-corrected chi connectivity index (χ3v) is 4.66. The van der Waals surface area contributed by atoms with Crippen LogP contribution in [0.3, 0.4) is 0 Å². The number of rotatable bonds is 7. The molecule has 6 heteroatoms. The second-order valence-electron chi connectivity index (χ2n) is 5.99. The summed E-state index contributed by atoms with van der Waals surface area (Å²) >= 11 is 12.2. The molecule has 0 unspecified atom stereocenters. The Labute approximate surface area is 164 Å². The molecule has 138 valence electrons. The molecule has 0 saturated heterocycles. The first-order valence-electron chi connectivity index (χ1n) is 8.47. The summed E-state index contributed by atoms with van der Waals surface area (Å²) < 4.78 is 0. The molecule has 0 saturated carbocycles. The molecule has 1 N–H and O–H groups in total. The van der Waals surface area contributed by atoms with Crippen molar-refractivity contribution < 1.29 is 9.59 Å². The normalized spacial score (nSPS) is 11.7. The van der Waals surface area contributed by atoms with Gasteiger partial charge in [0.25, 0.3) is 0 Å². The Hall–Kier alpha value is -2.04. The molecule has 0 spiro atoms. The number of nitrogens with one attached hydrogen (secondary N) is 1. The average Bonchev–Trinajstić information content (AvgIpc) is 2.61. The zero-order chi connectivity index (χ0) is 19.1. The maximum Gasteiger partial charge on any atom is 0.242 e. The van der Waals surface area contributed by atoms with Crippen molar-refractivity contribution in [1.82, 2.24) is 10.2 Å². The molecule has 2 amide bonds. The minimum absolute atomic E-state index is 0.138. The predicted molar refractivity (Wildman–Crippen MR) is 105 cm³/mol. The van der Waals surface area contributed by atoms with Crippen molar-refractivity contribution in [3.8, 4) is 0 Å². The van der Waals surface area contributed by atoms with Gasteiger partial charge in [-0.25, -0.2) is 0 Å². The SMILES string of the molecule is CCNC(=O)[C@@H](C)N(Cc1ccc(Cl)cc1Cl)C(=O)Cc1ccccc1. The largest absolute Gasteiger partial charge is 0.355 e. The monoisotopic (exact) mass is 392 g/mol. The highest BCUT2D eigenvalue weighted by atomic mass is 35.5. The first-order valence-corrected chi connectivity index (χ1v) is 9.23. The molecule has 4 nitrogen and oxygen atoms in total. The molecule has 0 aliphatic rings. The molecule has 0 aliphatic carbocycles. The minimum atomic E-state index is -0.613. The van der Waals surface area contributed by atoms with Crippen LogP contribution in [0.15, 0.2) is 48.5 Å². The van der Waals surface area contributed by atoms with Gasteiger partial charge in [-0.2, -0.15) is 0 Å². The van der Waals surface area contributed by atoms with Gasteiger partial charge in [0.15, 0.2) is 0 Å². The van der Waals surface area contributed by atoms with Gasteiger partial charge in [-0.1, -0.05) is 59.6 Å². The highest BCUT2D eigenvalue weighted by Crippen LogP contribution is 2.23. The van der Waals surface area contributed by atoms with Crippen molar-refractivity contribution in [2.75, 3.05) is 6.54 Å². The Morgan fingerprint density at radius 1 is 1.12 bits per heavy atom. The van der Waals surface area contributed by atoms with E-state index in [1.165, 1.54) is 0 Å². The van der Waals surface area contributed by atoms with E-state index in [1.807, 2.05) is 37.3 Å². The van der Waals surface area contributed by atoms with E-state index in [1.54, 1.807) is 30.0 Å². The molecular formula is C20H22Cl2N2O2. The van der Waals surface area contributed by atoms with Gasteiger partial charge in [-0.05, 0) is 37.1 Å². The van der Waals surface area contributed by atoms with Crippen LogP contribution >= 0.6 is 23.2 Å². The lowest BCUT2D eigenvalue weighted by atomic mass is 10.1. The zero-order valence-electron chi connectivity index (χ0n) is 14.8. The molecule has 0 bridgehead atoms. The van der Waals surface area contributed by atoms with Crippen molar-refractivity contribution in [3.63, 3.8) is 0 Å². The summed E-state index contributed by atoms with van der Waals surface area (Å²) in [4.78, 5) is 26.8. The Morgan fingerprint density at radius 2 is 1.81 bits per heavy atom. The molecule has 0 fully saturated rings. The molecule has 2 rings (SSSR count). The van der Waals surface area contributed by atoms with Crippen LogP contribution in [0.2, 0.25) is 10.0 Å². The molecule has 0 heterocycles. The van der Waals surface area contributed by atoms with Crippen LogP contribution in [0.25, 0.3) is 0 Å². The lowest BCUT2D eigenvalue weighted by Gasteiger charge is -2.29. The highest BCUT2D eigenvalue weighted by Gasteiger charge is 2.26. The maximum absolute atomic E-state index is 12.9. The molecule has 2 aromatic rings. The van der Waals surface area contributed by atoms with Gasteiger partial charge in [0.1, 0.15) is 6.04 Å². The molecule has 0 radical (unpaired) electrons. The number of carbonyl (C=O) groups excluding carboxylic acids is 2. The first-order chi connectivity index (χ1) is 12.4. The molecular weight excluding hydrogens is 371 g/mol. The molecule has 26 heavy (non-hydrogen) atoms. The third kappa shape index (κ3) is 5.48. The van der Waals surface area contributed by atoms with E-state index in [-0.39, 0.29) is 24.8 Å². The number of carbonyl (C=O) groups is 2. The fourth-order valence-electron chi connectivity index (χ4n) is 2.61. The summed E-state index contributed by atoms with van der Waals surface area (Å²) in [6, 6.07) is 14.0. The zero-order valence-corrected chi connectivity index (χ0v) is 16.3. The summed E-state index contributed by atoms with van der Waals surface area (Å²) in [5.74, 6) is -0.333. The van der Waals surface area contributed by atoms with E-state index < -0.39 is 6.04 Å². The van der Waals surface area contributed by atoms with Gasteiger partial charge in [-0.3, -0.25) is 9.59 Å². The van der Waals surface area contributed by atoms with Gasteiger partial charge < -0.3 is 10.2 Å². The number of amides is 2. The summed E-state index contributed by atoms with van der Waals surface area (Å²) in [5, 5.41) is 3.76. The van der Waals surface area contributed by atoms with E-state index >= 15 is 0 Å². The van der Waals surface area contributed by atoms with Crippen LogP contribution in [-0.4, -0.2) is 29.3 Å². The van der Waals surface area contributed by atoms with E-state index in [4.69, 9.17) is 23.2 Å². The molecule has 1 atom stereocenters. The number of benzene rings is 2. The fraction of sp³-hybridized carbons (Fsp3) is 0.300. The second kappa shape index (κ2) is 9.60. The highest BCUT2D eigenvalue weighted by molar-refractivity contribution is 6.35. The number of halogens is 2. The van der Waals surface area contributed by atoms with Gasteiger partial charge in [-0.15, -0.1) is 0 Å². The standard InChI is InChI=1S/C20H22Cl2N2O2/c1-3-23-20(26)14(2)24(13-16-9-10-17(21)12-18(16)22)19(25)11-15-7-5-4-6-8-15/h4-10,12,14H,3,11,13H2,1-2H3,(H,23,26)/t14-/m1/s1. The van der Waals surface area contributed by atoms with Crippen LogP contribution in [0.4, 0.5) is 0 Å². The summed E-state index contributed by atoms with van der Waals surface area (Å²) in [7, 11) is 0. The summed E-state index contributed by atoms with van der Waals surface area (Å²) in [6.07, 6.45) is 0.218. The second-order valence-corrected chi connectivity index (χ2v) is 6.83. The van der Waals surface area contributed by atoms with Crippen molar-refractivity contribution in [1.29, 1.82) is 0 Å². The first kappa shape index (κ1) is 20.3. The van der Waals surface area contributed by atoms with E-state index in [2.05, 4.69) is 5.32 Å². The molecule has 0 aromatic heterocycles. The van der Waals surface area contributed by atoms with Gasteiger partial charge >= 0.3 is 0 Å². The van der Waals surface area contributed by atoms with E-state index in [0.29, 0.717) is 16.6 Å². The Balaban J connectivity index is 2.25. The van der Waals surface area contributed by atoms with E-state index in [0.717, 1.165) is 11.1 Å². The summed E-state index contributed by atoms with van der Waals surface area (Å²) in [6.45, 7) is 4.31. The minimum Gasteiger partial charge on any atom is -0.355 e. The maximum atomic E-state index is 12.9. The number of likely N-dealkylation sites (N-methyl/N-ethyl adjacent to an activating group) is 1. The smallest absolute Gasteiger partial charge is 0.242 e. The van der Waals surface area contributed by atoms with Gasteiger partial charge in [0.05, 0.1) is 6.42 Å². The van der Waals surface area contributed by atoms with Crippen molar-refractivity contribution >= 4 is 35.0 Å². The Kier molecular flexibility index (Phi) is 7.49. The lowest BCUT2D eigenvalue weighted by Crippen LogP contribution is -2.48. The average molecular weight is 393 g/mol. The third-order valence-electron chi connectivity index (χ3n) is 4.07. The molecule has 2 aromatic carbocycles. The Morgan fingerprint density at radius 3 is 2.42 bits per heavy atom. The number of hydrogen-bond acceptors (Lipinski definition) is 2. The number of hydrogen-bond donors (Lipinski definition) is 1. The van der Waals surface area contributed by atoms with E-state index in [9.17, 15) is 9.59 Å². The summed E-state index contributed by atoms with van der Waals surface area (Å²) in [5.41, 5.74) is 1.64. The van der Waals surface area contributed by atoms with Crippen LogP contribution in [0.1, 0.15) is 25.0 Å². The fourth-order valence-corrected chi connectivity index (χ4v) is 3.08.